The van der Waals surface area contributed by atoms with Gasteiger partial charge in [-0.05, 0) is 35.1 Å². The van der Waals surface area contributed by atoms with E-state index in [0.29, 0.717) is 19.4 Å². The maximum atomic E-state index is 12.0. The summed E-state index contributed by atoms with van der Waals surface area (Å²) >= 11 is 0. The Labute approximate surface area is 132 Å². The Bertz CT molecular complexity index is 573. The lowest BCUT2D eigenvalue weighted by Gasteiger charge is -2.29. The molecule has 4 nitrogen and oxygen atoms in total. The molecule has 1 aromatic rings. The summed E-state index contributed by atoms with van der Waals surface area (Å²) in [5.41, 5.74) is 3.21. The predicted octanol–water partition coefficient (Wildman–Crippen LogP) is 3.36. The summed E-state index contributed by atoms with van der Waals surface area (Å²) < 4.78 is 0. The van der Waals surface area contributed by atoms with Crippen LogP contribution in [-0.4, -0.2) is 23.3 Å². The van der Waals surface area contributed by atoms with Crippen molar-refractivity contribution in [3.8, 4) is 0 Å². The summed E-state index contributed by atoms with van der Waals surface area (Å²) in [5, 5.41) is 2.96. The number of fused-ring (bicyclic) bond motifs is 1. The highest BCUT2D eigenvalue weighted by atomic mass is 16.2. The molecule has 0 radical (unpaired) electrons. The van der Waals surface area contributed by atoms with Gasteiger partial charge in [0, 0.05) is 31.6 Å². The van der Waals surface area contributed by atoms with Crippen LogP contribution in [0, 0.1) is 5.41 Å². The van der Waals surface area contributed by atoms with Gasteiger partial charge in [0.15, 0.2) is 0 Å². The first kappa shape index (κ1) is 16.5. The predicted molar refractivity (Wildman–Crippen MR) is 88.6 cm³/mol. The molecule has 0 saturated heterocycles. The quantitative estimate of drug-likeness (QED) is 0.931. The van der Waals surface area contributed by atoms with Crippen molar-refractivity contribution in [2.75, 3.05) is 11.9 Å². The van der Waals surface area contributed by atoms with Crippen LogP contribution in [0.1, 0.15) is 51.7 Å². The average molecular weight is 302 g/mol. The molecule has 0 spiro atoms. The number of hydrogen-bond acceptors (Lipinski definition) is 2. The third-order valence-corrected chi connectivity index (χ3v) is 3.85. The number of carbonyl (C=O) groups is 2. The molecule has 0 fully saturated rings. The molecule has 1 aliphatic rings. The second-order valence-corrected chi connectivity index (χ2v) is 7.19. The molecule has 2 rings (SSSR count). The molecule has 1 aromatic carbocycles. The lowest BCUT2D eigenvalue weighted by molar-refractivity contribution is -0.131. The molecule has 0 aromatic heterocycles. The van der Waals surface area contributed by atoms with Gasteiger partial charge in [-0.2, -0.15) is 0 Å². The van der Waals surface area contributed by atoms with Crippen LogP contribution in [0.2, 0.25) is 0 Å². The van der Waals surface area contributed by atoms with Crippen molar-refractivity contribution >= 4 is 17.5 Å². The van der Waals surface area contributed by atoms with Gasteiger partial charge in [-0.25, -0.2) is 0 Å². The summed E-state index contributed by atoms with van der Waals surface area (Å²) in [6, 6.07) is 6.03. The van der Waals surface area contributed by atoms with Crippen molar-refractivity contribution in [3.63, 3.8) is 0 Å². The minimum Gasteiger partial charge on any atom is -0.338 e. The minimum atomic E-state index is -0.0252. The van der Waals surface area contributed by atoms with Crippen molar-refractivity contribution in [1.29, 1.82) is 0 Å². The lowest BCUT2D eigenvalue weighted by Crippen LogP contribution is -2.35. The van der Waals surface area contributed by atoms with Gasteiger partial charge in [0.25, 0.3) is 0 Å². The highest BCUT2D eigenvalue weighted by Gasteiger charge is 2.20. The first-order valence-electron chi connectivity index (χ1n) is 7.98. The zero-order valence-electron chi connectivity index (χ0n) is 14.0. The van der Waals surface area contributed by atoms with Gasteiger partial charge in [0.05, 0.1) is 0 Å². The van der Waals surface area contributed by atoms with Crippen molar-refractivity contribution in [2.45, 2.75) is 53.5 Å². The largest absolute Gasteiger partial charge is 0.338 e. The summed E-state index contributed by atoms with van der Waals surface area (Å²) in [7, 11) is 0. The highest BCUT2D eigenvalue weighted by Crippen LogP contribution is 2.24. The smallest absolute Gasteiger partial charge is 0.224 e. The molecular formula is C18H26N2O2. The molecule has 1 aliphatic heterocycles. The molecule has 2 amide bonds. The normalized spacial score (nSPS) is 14.5. The molecule has 22 heavy (non-hydrogen) atoms. The Morgan fingerprint density at radius 2 is 1.95 bits per heavy atom. The summed E-state index contributed by atoms with van der Waals surface area (Å²) in [6.45, 7) is 9.47. The Morgan fingerprint density at radius 1 is 1.23 bits per heavy atom. The maximum Gasteiger partial charge on any atom is 0.224 e. The fourth-order valence-corrected chi connectivity index (χ4v) is 2.76. The van der Waals surface area contributed by atoms with E-state index >= 15 is 0 Å². The van der Waals surface area contributed by atoms with Gasteiger partial charge >= 0.3 is 0 Å². The van der Waals surface area contributed by atoms with Crippen LogP contribution in [0.5, 0.6) is 0 Å². The van der Waals surface area contributed by atoms with Gasteiger partial charge < -0.3 is 10.2 Å². The molecule has 0 aliphatic carbocycles. The lowest BCUT2D eigenvalue weighted by atomic mass is 9.92. The van der Waals surface area contributed by atoms with Crippen LogP contribution in [-0.2, 0) is 22.6 Å². The first-order valence-corrected chi connectivity index (χ1v) is 7.98. The number of nitrogens with one attached hydrogen (secondary N) is 1. The number of nitrogens with zero attached hydrogens (tertiary/aromatic N) is 1. The van der Waals surface area contributed by atoms with Crippen LogP contribution >= 0.6 is 0 Å². The molecule has 0 unspecified atom stereocenters. The molecule has 1 N–H and O–H groups in total. The van der Waals surface area contributed by atoms with E-state index in [0.717, 1.165) is 24.2 Å². The van der Waals surface area contributed by atoms with Gasteiger partial charge in [0.2, 0.25) is 11.8 Å². The molecule has 0 bridgehead atoms. The van der Waals surface area contributed by atoms with E-state index in [1.807, 2.05) is 44.7 Å². The minimum absolute atomic E-state index is 0.0252. The van der Waals surface area contributed by atoms with Crippen LogP contribution < -0.4 is 5.32 Å². The van der Waals surface area contributed by atoms with E-state index in [-0.39, 0.29) is 17.2 Å². The van der Waals surface area contributed by atoms with Crippen molar-refractivity contribution in [2.24, 2.45) is 5.41 Å². The Balaban J connectivity index is 2.08. The molecule has 4 heteroatoms. The monoisotopic (exact) mass is 302 g/mol. The number of amides is 2. The summed E-state index contributed by atoms with van der Waals surface area (Å²) in [6.07, 6.45) is 1.92. The van der Waals surface area contributed by atoms with Crippen LogP contribution in [0.4, 0.5) is 5.69 Å². The summed E-state index contributed by atoms with van der Waals surface area (Å²) in [4.78, 5) is 25.8. The fourth-order valence-electron chi connectivity index (χ4n) is 2.76. The number of hydrogen-bond donors (Lipinski definition) is 1. The fraction of sp³-hybridized carbons (Fsp3) is 0.556. The van der Waals surface area contributed by atoms with E-state index < -0.39 is 0 Å². The number of benzene rings is 1. The van der Waals surface area contributed by atoms with Gasteiger partial charge in [-0.3, -0.25) is 9.59 Å². The van der Waals surface area contributed by atoms with Crippen molar-refractivity contribution in [3.05, 3.63) is 29.3 Å². The zero-order valence-corrected chi connectivity index (χ0v) is 14.0. The second kappa shape index (κ2) is 6.51. The van der Waals surface area contributed by atoms with Crippen LogP contribution in [0.3, 0.4) is 0 Å². The number of carbonyl (C=O) groups excluding carboxylic acids is 2. The van der Waals surface area contributed by atoms with E-state index in [4.69, 9.17) is 0 Å². The van der Waals surface area contributed by atoms with E-state index in [2.05, 4.69) is 11.4 Å². The Morgan fingerprint density at radius 3 is 2.59 bits per heavy atom. The van der Waals surface area contributed by atoms with Crippen LogP contribution in [0.25, 0.3) is 0 Å². The van der Waals surface area contributed by atoms with E-state index in [1.54, 1.807) is 0 Å². The molecule has 1 heterocycles. The Hall–Kier alpha value is -1.84. The molecule has 0 atom stereocenters. The number of anilines is 1. The van der Waals surface area contributed by atoms with Crippen molar-refractivity contribution < 1.29 is 9.59 Å². The second-order valence-electron chi connectivity index (χ2n) is 7.19. The first-order chi connectivity index (χ1) is 10.3. The zero-order chi connectivity index (χ0) is 16.3. The highest BCUT2D eigenvalue weighted by molar-refractivity contribution is 5.91. The average Bonchev–Trinajstić information content (AvgIpc) is 2.43. The molecule has 120 valence electrons. The molecular weight excluding hydrogens is 276 g/mol. The third-order valence-electron chi connectivity index (χ3n) is 3.85. The standard InChI is InChI=1S/C18H26N2O2/c1-5-17(22)20-9-8-13-6-7-15(10-14(13)12-20)19-16(21)11-18(2,3)4/h6-7,10H,5,8-9,11-12H2,1-4H3,(H,19,21). The van der Waals surface area contributed by atoms with Crippen LogP contribution in [0.15, 0.2) is 18.2 Å². The topological polar surface area (TPSA) is 49.4 Å². The maximum absolute atomic E-state index is 12.0. The van der Waals surface area contributed by atoms with Gasteiger partial charge in [-0.1, -0.05) is 33.8 Å². The Kier molecular flexibility index (Phi) is 4.89. The van der Waals surface area contributed by atoms with E-state index in [9.17, 15) is 9.59 Å². The van der Waals surface area contributed by atoms with E-state index in [1.165, 1.54) is 5.56 Å². The summed E-state index contributed by atoms with van der Waals surface area (Å²) in [5.74, 6) is 0.220. The van der Waals surface area contributed by atoms with Gasteiger partial charge in [0.1, 0.15) is 0 Å². The van der Waals surface area contributed by atoms with Crippen molar-refractivity contribution in [1.82, 2.24) is 4.90 Å². The molecule has 0 saturated carbocycles. The third kappa shape index (κ3) is 4.33. The van der Waals surface area contributed by atoms with Gasteiger partial charge in [-0.15, -0.1) is 0 Å². The number of rotatable bonds is 3. The SMILES string of the molecule is CCC(=O)N1CCc2ccc(NC(=O)CC(C)(C)C)cc2C1.